The molecule has 0 aliphatic rings. The van der Waals surface area contributed by atoms with Gasteiger partial charge in [0.2, 0.25) is 5.95 Å². The van der Waals surface area contributed by atoms with E-state index in [4.69, 9.17) is 4.74 Å². The molecule has 6 nitrogen and oxygen atoms in total. The maximum Gasteiger partial charge on any atom is 0.274 e. The van der Waals surface area contributed by atoms with Crippen LogP contribution in [0.2, 0.25) is 0 Å². The minimum absolute atomic E-state index is 0.284. The molecule has 0 unspecified atom stereocenters. The first-order valence-electron chi connectivity index (χ1n) is 7.80. The first kappa shape index (κ1) is 16.7. The number of amides is 1. The van der Waals surface area contributed by atoms with Crippen LogP contribution in [-0.2, 0) is 0 Å². The molecule has 0 atom stereocenters. The highest BCUT2D eigenvalue weighted by molar-refractivity contribution is 6.03. The van der Waals surface area contributed by atoms with Crippen LogP contribution in [-0.4, -0.2) is 35.6 Å². The van der Waals surface area contributed by atoms with Crippen LogP contribution in [0.4, 0.5) is 11.6 Å². The summed E-state index contributed by atoms with van der Waals surface area (Å²) in [5.41, 5.74) is 0.954. The number of anilines is 2. The molecule has 1 amide bonds. The second kappa shape index (κ2) is 8.12. The molecule has 0 saturated heterocycles. The van der Waals surface area contributed by atoms with Crippen molar-refractivity contribution >= 4 is 17.5 Å². The molecule has 2 rings (SSSR count). The number of rotatable bonds is 7. The molecule has 0 radical (unpaired) electrons. The minimum atomic E-state index is -0.284. The Morgan fingerprint density at radius 3 is 2.61 bits per heavy atom. The summed E-state index contributed by atoms with van der Waals surface area (Å²) in [5, 5.41) is 2.84. The number of para-hydroxylation sites is 2. The predicted octanol–water partition coefficient (Wildman–Crippen LogP) is 2.97. The molecule has 0 spiro atoms. The Hall–Kier alpha value is -2.63. The molecule has 2 aromatic rings. The van der Waals surface area contributed by atoms with Crippen LogP contribution < -0.4 is 15.0 Å². The molecule has 23 heavy (non-hydrogen) atoms. The molecule has 1 N–H and O–H groups in total. The lowest BCUT2D eigenvalue weighted by Crippen LogP contribution is -2.25. The Balaban J connectivity index is 2.20. The monoisotopic (exact) mass is 314 g/mol. The summed E-state index contributed by atoms with van der Waals surface area (Å²) in [7, 11) is 0. The van der Waals surface area contributed by atoms with Crippen molar-refractivity contribution < 1.29 is 9.53 Å². The standard InChI is InChI=1S/C17H22N4O2/c1-4-21(5-2)17-18-12-11-14(20-17)16(22)19-13-9-7-8-10-15(13)23-6-3/h7-12H,4-6H2,1-3H3,(H,19,22). The van der Waals surface area contributed by atoms with Crippen LogP contribution in [0.25, 0.3) is 0 Å². The summed E-state index contributed by atoms with van der Waals surface area (Å²) in [4.78, 5) is 23.0. The first-order valence-corrected chi connectivity index (χ1v) is 7.80. The van der Waals surface area contributed by atoms with Crippen LogP contribution in [0.15, 0.2) is 36.5 Å². The zero-order chi connectivity index (χ0) is 16.7. The van der Waals surface area contributed by atoms with E-state index in [2.05, 4.69) is 15.3 Å². The summed E-state index contributed by atoms with van der Waals surface area (Å²) in [6, 6.07) is 8.94. The van der Waals surface area contributed by atoms with Gasteiger partial charge in [-0.2, -0.15) is 0 Å². The van der Waals surface area contributed by atoms with Gasteiger partial charge in [-0.3, -0.25) is 4.79 Å². The second-order valence-electron chi connectivity index (χ2n) is 4.80. The van der Waals surface area contributed by atoms with E-state index < -0.39 is 0 Å². The molecule has 0 fully saturated rings. The molecule has 1 aromatic carbocycles. The van der Waals surface area contributed by atoms with E-state index in [0.29, 0.717) is 29.7 Å². The smallest absolute Gasteiger partial charge is 0.274 e. The van der Waals surface area contributed by atoms with Gasteiger partial charge in [0.05, 0.1) is 12.3 Å². The highest BCUT2D eigenvalue weighted by Gasteiger charge is 2.13. The third-order valence-electron chi connectivity index (χ3n) is 3.36. The fourth-order valence-electron chi connectivity index (χ4n) is 2.17. The Labute approximate surface area is 136 Å². The van der Waals surface area contributed by atoms with E-state index in [1.54, 1.807) is 18.3 Å². The van der Waals surface area contributed by atoms with Gasteiger partial charge in [0.1, 0.15) is 11.4 Å². The lowest BCUT2D eigenvalue weighted by atomic mass is 10.2. The molecule has 6 heteroatoms. The van der Waals surface area contributed by atoms with E-state index in [0.717, 1.165) is 13.1 Å². The van der Waals surface area contributed by atoms with Crippen LogP contribution in [0.3, 0.4) is 0 Å². The molecule has 0 aliphatic carbocycles. The first-order chi connectivity index (χ1) is 11.2. The lowest BCUT2D eigenvalue weighted by Gasteiger charge is -2.18. The van der Waals surface area contributed by atoms with Gasteiger partial charge in [-0.25, -0.2) is 9.97 Å². The van der Waals surface area contributed by atoms with Crippen molar-refractivity contribution in [1.29, 1.82) is 0 Å². The topological polar surface area (TPSA) is 67.3 Å². The number of carbonyl (C=O) groups is 1. The number of nitrogens with one attached hydrogen (secondary N) is 1. The van der Waals surface area contributed by atoms with Gasteiger partial charge in [-0.15, -0.1) is 0 Å². The summed E-state index contributed by atoms with van der Waals surface area (Å²) < 4.78 is 5.51. The van der Waals surface area contributed by atoms with Crippen molar-refractivity contribution in [3.8, 4) is 5.75 Å². The van der Waals surface area contributed by atoms with Gasteiger partial charge in [0.25, 0.3) is 5.91 Å². The quantitative estimate of drug-likeness (QED) is 0.851. The largest absolute Gasteiger partial charge is 0.492 e. The van der Waals surface area contributed by atoms with Crippen molar-refractivity contribution in [3.63, 3.8) is 0 Å². The number of aromatic nitrogens is 2. The third kappa shape index (κ3) is 4.18. The van der Waals surface area contributed by atoms with Crippen LogP contribution in [0.1, 0.15) is 31.3 Å². The van der Waals surface area contributed by atoms with Crippen molar-refractivity contribution in [2.45, 2.75) is 20.8 Å². The zero-order valence-electron chi connectivity index (χ0n) is 13.7. The summed E-state index contributed by atoms with van der Waals surface area (Å²) in [5.74, 6) is 0.912. The Kier molecular flexibility index (Phi) is 5.91. The molecule has 0 saturated carbocycles. The highest BCUT2D eigenvalue weighted by Crippen LogP contribution is 2.24. The van der Waals surface area contributed by atoms with Gasteiger partial charge < -0.3 is 15.0 Å². The molecule has 0 bridgehead atoms. The van der Waals surface area contributed by atoms with Crippen molar-refractivity contribution in [2.75, 3.05) is 29.9 Å². The zero-order valence-corrected chi connectivity index (χ0v) is 13.7. The maximum absolute atomic E-state index is 12.4. The SMILES string of the molecule is CCOc1ccccc1NC(=O)c1ccnc(N(CC)CC)n1. The van der Waals surface area contributed by atoms with Gasteiger partial charge in [0.15, 0.2) is 0 Å². The number of hydrogen-bond donors (Lipinski definition) is 1. The van der Waals surface area contributed by atoms with Gasteiger partial charge in [-0.05, 0) is 39.0 Å². The average molecular weight is 314 g/mol. The third-order valence-corrected chi connectivity index (χ3v) is 3.36. The maximum atomic E-state index is 12.4. The van der Waals surface area contributed by atoms with E-state index in [-0.39, 0.29) is 5.91 Å². The Morgan fingerprint density at radius 2 is 1.91 bits per heavy atom. The van der Waals surface area contributed by atoms with E-state index in [1.165, 1.54) is 0 Å². The summed E-state index contributed by atoms with van der Waals surface area (Å²) >= 11 is 0. The fraction of sp³-hybridized carbons (Fsp3) is 0.353. The number of carbonyl (C=O) groups excluding carboxylic acids is 1. The van der Waals surface area contributed by atoms with Gasteiger partial charge in [0, 0.05) is 19.3 Å². The molecule has 1 heterocycles. The van der Waals surface area contributed by atoms with E-state index in [9.17, 15) is 4.79 Å². The van der Waals surface area contributed by atoms with Crippen LogP contribution in [0.5, 0.6) is 5.75 Å². The normalized spacial score (nSPS) is 10.2. The van der Waals surface area contributed by atoms with Crippen LogP contribution >= 0.6 is 0 Å². The molecule has 0 aliphatic heterocycles. The van der Waals surface area contributed by atoms with Gasteiger partial charge >= 0.3 is 0 Å². The molecular weight excluding hydrogens is 292 g/mol. The number of benzene rings is 1. The summed E-state index contributed by atoms with van der Waals surface area (Å²) in [6.07, 6.45) is 1.60. The predicted molar refractivity (Wildman–Crippen MR) is 91.2 cm³/mol. The second-order valence-corrected chi connectivity index (χ2v) is 4.80. The fourth-order valence-corrected chi connectivity index (χ4v) is 2.17. The van der Waals surface area contributed by atoms with E-state index in [1.807, 2.05) is 43.9 Å². The highest BCUT2D eigenvalue weighted by atomic mass is 16.5. The molecule has 1 aromatic heterocycles. The number of nitrogens with zero attached hydrogens (tertiary/aromatic N) is 3. The van der Waals surface area contributed by atoms with Crippen molar-refractivity contribution in [3.05, 3.63) is 42.2 Å². The number of ether oxygens (including phenoxy) is 1. The van der Waals surface area contributed by atoms with Gasteiger partial charge in [-0.1, -0.05) is 12.1 Å². The van der Waals surface area contributed by atoms with Crippen molar-refractivity contribution in [1.82, 2.24) is 9.97 Å². The molecule has 122 valence electrons. The number of hydrogen-bond acceptors (Lipinski definition) is 5. The van der Waals surface area contributed by atoms with E-state index >= 15 is 0 Å². The Morgan fingerprint density at radius 1 is 1.17 bits per heavy atom. The van der Waals surface area contributed by atoms with Crippen LogP contribution in [0, 0.1) is 0 Å². The Bertz CT molecular complexity index is 657. The van der Waals surface area contributed by atoms with Crippen molar-refractivity contribution in [2.24, 2.45) is 0 Å². The summed E-state index contributed by atoms with van der Waals surface area (Å²) in [6.45, 7) is 8.06. The minimum Gasteiger partial charge on any atom is -0.492 e. The lowest BCUT2D eigenvalue weighted by molar-refractivity contribution is 0.102. The average Bonchev–Trinajstić information content (AvgIpc) is 2.58. The molecular formula is C17H22N4O2.